The number of morpholine rings is 1. The van der Waals surface area contributed by atoms with Gasteiger partial charge in [-0.2, -0.15) is 0 Å². The van der Waals surface area contributed by atoms with Crippen LogP contribution in [0.25, 0.3) is 0 Å². The zero-order chi connectivity index (χ0) is 19.0. The Morgan fingerprint density at radius 2 is 2.21 bits per heavy atom. The van der Waals surface area contributed by atoms with Gasteiger partial charge in [0.25, 0.3) is 0 Å². The molecular formula is C21H32N4O2S. The monoisotopic (exact) mass is 404 g/mol. The van der Waals surface area contributed by atoms with Crippen molar-refractivity contribution in [3.05, 3.63) is 22.4 Å². The van der Waals surface area contributed by atoms with Crippen LogP contribution in [0, 0.1) is 11.3 Å². The number of hydrogen-bond donors (Lipinski definition) is 2. The normalized spacial score (nSPS) is 33.0. The van der Waals surface area contributed by atoms with Gasteiger partial charge in [-0.1, -0.05) is 12.5 Å². The molecule has 4 unspecified atom stereocenters. The molecular weight excluding hydrogens is 372 g/mol. The molecule has 154 valence electrons. The van der Waals surface area contributed by atoms with Gasteiger partial charge in [0, 0.05) is 55.5 Å². The Labute approximate surface area is 171 Å². The highest BCUT2D eigenvalue weighted by Crippen LogP contribution is 2.62. The third-order valence-corrected chi connectivity index (χ3v) is 8.35. The summed E-state index contributed by atoms with van der Waals surface area (Å²) in [7, 11) is 1.89. The minimum atomic E-state index is 0.365. The molecule has 4 atom stereocenters. The SMILES string of the molecule is CN=C(NCC(c1cccs1)N1CCOCC1)NC1C2CCOC2C12CCC2. The Bertz CT molecular complexity index is 685. The lowest BCUT2D eigenvalue weighted by atomic mass is 9.46. The molecule has 2 saturated heterocycles. The molecule has 2 saturated carbocycles. The highest BCUT2D eigenvalue weighted by Gasteiger charge is 2.66. The molecule has 7 heteroatoms. The Morgan fingerprint density at radius 1 is 1.36 bits per heavy atom. The Morgan fingerprint density at radius 3 is 2.89 bits per heavy atom. The van der Waals surface area contributed by atoms with E-state index in [2.05, 4.69) is 38.0 Å². The highest BCUT2D eigenvalue weighted by atomic mass is 32.1. The molecule has 1 aromatic rings. The van der Waals surface area contributed by atoms with Crippen molar-refractivity contribution in [1.29, 1.82) is 0 Å². The van der Waals surface area contributed by atoms with Crippen LogP contribution in [0.5, 0.6) is 0 Å². The summed E-state index contributed by atoms with van der Waals surface area (Å²) < 4.78 is 11.6. The Balaban J connectivity index is 1.23. The molecule has 1 aromatic heterocycles. The second-order valence-electron chi connectivity index (χ2n) is 8.59. The van der Waals surface area contributed by atoms with Crippen molar-refractivity contribution < 1.29 is 9.47 Å². The fourth-order valence-corrected chi connectivity index (χ4v) is 6.63. The van der Waals surface area contributed by atoms with Crippen molar-refractivity contribution in [3.8, 4) is 0 Å². The fourth-order valence-electron chi connectivity index (χ4n) is 5.77. The van der Waals surface area contributed by atoms with Crippen molar-refractivity contribution in [1.82, 2.24) is 15.5 Å². The van der Waals surface area contributed by atoms with E-state index in [0.717, 1.165) is 45.4 Å². The van der Waals surface area contributed by atoms with Gasteiger partial charge in [-0.05, 0) is 30.7 Å². The van der Waals surface area contributed by atoms with Crippen LogP contribution in [0.4, 0.5) is 0 Å². The Hall–Kier alpha value is -1.15. The summed E-state index contributed by atoms with van der Waals surface area (Å²) in [6.45, 7) is 5.42. The zero-order valence-corrected chi connectivity index (χ0v) is 17.5. The van der Waals surface area contributed by atoms with E-state index in [9.17, 15) is 0 Å². The van der Waals surface area contributed by atoms with Crippen LogP contribution in [0.3, 0.4) is 0 Å². The van der Waals surface area contributed by atoms with Gasteiger partial charge >= 0.3 is 0 Å². The first-order chi connectivity index (χ1) is 13.8. The van der Waals surface area contributed by atoms with Crippen molar-refractivity contribution in [3.63, 3.8) is 0 Å². The molecule has 4 aliphatic rings. The lowest BCUT2D eigenvalue weighted by Crippen LogP contribution is -2.72. The molecule has 0 amide bonds. The molecule has 1 spiro atoms. The average Bonchev–Trinajstić information content (AvgIpc) is 3.35. The van der Waals surface area contributed by atoms with Crippen LogP contribution in [0.1, 0.15) is 36.6 Å². The second kappa shape index (κ2) is 7.94. The summed E-state index contributed by atoms with van der Waals surface area (Å²) in [5.74, 6) is 1.60. The summed E-state index contributed by atoms with van der Waals surface area (Å²) in [4.78, 5) is 8.51. The van der Waals surface area contributed by atoms with Crippen LogP contribution in [0.2, 0.25) is 0 Å². The smallest absolute Gasteiger partial charge is 0.191 e. The molecule has 2 aliphatic heterocycles. The van der Waals surface area contributed by atoms with Gasteiger partial charge < -0.3 is 20.1 Å². The molecule has 6 nitrogen and oxygen atoms in total. The summed E-state index contributed by atoms with van der Waals surface area (Å²) in [6.07, 6.45) is 5.62. The summed E-state index contributed by atoms with van der Waals surface area (Å²) in [5, 5.41) is 9.60. The summed E-state index contributed by atoms with van der Waals surface area (Å²) in [6, 6.07) is 5.28. The maximum absolute atomic E-state index is 6.06. The largest absolute Gasteiger partial charge is 0.379 e. The standard InChI is InChI=1S/C21H32N4O2S/c1-22-20(24-18-15-5-10-27-19(15)21(18)6-3-7-21)23-14-16(17-4-2-13-28-17)25-8-11-26-12-9-25/h2,4,13,15-16,18-19H,3,5-12,14H2,1H3,(H2,22,23,24). The molecule has 2 N–H and O–H groups in total. The predicted molar refractivity (Wildman–Crippen MR) is 112 cm³/mol. The number of aliphatic imine (C=N–C) groups is 1. The van der Waals surface area contributed by atoms with E-state index in [4.69, 9.17) is 9.47 Å². The molecule has 5 rings (SSSR count). The number of nitrogens with zero attached hydrogens (tertiary/aromatic N) is 2. The fraction of sp³-hybridized carbons (Fsp3) is 0.762. The first-order valence-electron chi connectivity index (χ1n) is 10.8. The molecule has 2 aliphatic carbocycles. The minimum absolute atomic E-state index is 0.365. The first-order valence-corrected chi connectivity index (χ1v) is 11.6. The number of nitrogens with one attached hydrogen (secondary N) is 2. The minimum Gasteiger partial charge on any atom is -0.379 e. The molecule has 4 fully saturated rings. The van der Waals surface area contributed by atoms with Crippen LogP contribution >= 0.6 is 11.3 Å². The zero-order valence-electron chi connectivity index (χ0n) is 16.7. The van der Waals surface area contributed by atoms with Crippen LogP contribution in [-0.4, -0.2) is 69.5 Å². The van der Waals surface area contributed by atoms with Crippen molar-refractivity contribution in [2.75, 3.05) is 46.5 Å². The van der Waals surface area contributed by atoms with Gasteiger partial charge in [-0.15, -0.1) is 11.3 Å². The highest BCUT2D eigenvalue weighted by molar-refractivity contribution is 7.10. The third kappa shape index (κ3) is 3.16. The van der Waals surface area contributed by atoms with E-state index in [0.29, 0.717) is 29.5 Å². The van der Waals surface area contributed by atoms with E-state index in [1.54, 1.807) is 0 Å². The number of thiophene rings is 1. The van der Waals surface area contributed by atoms with Crippen molar-refractivity contribution in [2.45, 2.75) is 43.9 Å². The maximum Gasteiger partial charge on any atom is 0.191 e. The van der Waals surface area contributed by atoms with E-state index in [-0.39, 0.29) is 0 Å². The van der Waals surface area contributed by atoms with Gasteiger partial charge in [-0.3, -0.25) is 9.89 Å². The molecule has 0 bridgehead atoms. The van der Waals surface area contributed by atoms with Gasteiger partial charge in [-0.25, -0.2) is 0 Å². The molecule has 3 heterocycles. The third-order valence-electron chi connectivity index (χ3n) is 7.37. The quantitative estimate of drug-likeness (QED) is 0.582. The van der Waals surface area contributed by atoms with Gasteiger partial charge in [0.2, 0.25) is 0 Å². The van der Waals surface area contributed by atoms with Gasteiger partial charge in [0.1, 0.15) is 0 Å². The van der Waals surface area contributed by atoms with Gasteiger partial charge in [0.15, 0.2) is 5.96 Å². The first kappa shape index (κ1) is 18.9. The molecule has 28 heavy (non-hydrogen) atoms. The lowest BCUT2D eigenvalue weighted by molar-refractivity contribution is -0.171. The van der Waals surface area contributed by atoms with Crippen LogP contribution < -0.4 is 10.6 Å². The molecule has 0 aromatic carbocycles. The topological polar surface area (TPSA) is 58.1 Å². The predicted octanol–water partition coefficient (Wildman–Crippen LogP) is 2.24. The van der Waals surface area contributed by atoms with E-state index >= 15 is 0 Å². The summed E-state index contributed by atoms with van der Waals surface area (Å²) >= 11 is 1.84. The number of guanidine groups is 1. The number of ether oxygens (including phenoxy) is 2. The van der Waals surface area contributed by atoms with E-state index in [1.165, 1.54) is 30.6 Å². The van der Waals surface area contributed by atoms with Crippen LogP contribution in [-0.2, 0) is 9.47 Å². The lowest BCUT2D eigenvalue weighted by Gasteiger charge is -2.63. The number of hydrogen-bond acceptors (Lipinski definition) is 5. The van der Waals surface area contributed by atoms with E-state index < -0.39 is 0 Å². The van der Waals surface area contributed by atoms with E-state index in [1.807, 2.05) is 18.4 Å². The average molecular weight is 405 g/mol. The van der Waals surface area contributed by atoms with Gasteiger partial charge in [0.05, 0.1) is 25.4 Å². The van der Waals surface area contributed by atoms with Crippen LogP contribution in [0.15, 0.2) is 22.5 Å². The Kier molecular flexibility index (Phi) is 5.34. The molecule has 0 radical (unpaired) electrons. The second-order valence-corrected chi connectivity index (χ2v) is 9.56. The maximum atomic E-state index is 6.06. The van der Waals surface area contributed by atoms with Crippen molar-refractivity contribution in [2.24, 2.45) is 16.3 Å². The number of rotatable bonds is 5. The number of fused-ring (bicyclic) bond motifs is 2. The summed E-state index contributed by atoms with van der Waals surface area (Å²) in [5.41, 5.74) is 0.371. The van der Waals surface area contributed by atoms with Crippen molar-refractivity contribution >= 4 is 17.3 Å².